The maximum Gasteiger partial charge on any atom is 0.340 e. The van der Waals surface area contributed by atoms with Crippen molar-refractivity contribution in [1.29, 1.82) is 0 Å². The molecule has 0 bridgehead atoms. The first kappa shape index (κ1) is 22.6. The van der Waals surface area contributed by atoms with Crippen LogP contribution in [0.3, 0.4) is 0 Å². The molecule has 0 atom stereocenters. The van der Waals surface area contributed by atoms with Gasteiger partial charge in [-0.25, -0.2) is 9.48 Å². The molecular formula is C22H24N6O4. The summed E-state index contributed by atoms with van der Waals surface area (Å²) in [6.45, 7) is 3.45. The van der Waals surface area contributed by atoms with Crippen molar-refractivity contribution in [3.05, 3.63) is 65.5 Å². The summed E-state index contributed by atoms with van der Waals surface area (Å²) >= 11 is 0. The Kier molecular flexibility index (Phi) is 7.63. The predicted molar refractivity (Wildman–Crippen MR) is 117 cm³/mol. The zero-order valence-electron chi connectivity index (χ0n) is 17.9. The van der Waals surface area contributed by atoms with Crippen molar-refractivity contribution in [3.63, 3.8) is 0 Å². The average molecular weight is 436 g/mol. The minimum atomic E-state index is -0.724. The maximum atomic E-state index is 12.6. The number of aryl methyl sites for hydroxylation is 2. The van der Waals surface area contributed by atoms with Crippen LogP contribution in [0, 0.1) is 0 Å². The molecule has 10 nitrogen and oxygen atoms in total. The molecule has 2 N–H and O–H groups in total. The summed E-state index contributed by atoms with van der Waals surface area (Å²) in [5.41, 5.74) is 3.18. The summed E-state index contributed by atoms with van der Waals surface area (Å²) in [4.78, 5) is 37.2. The standard InChI is InChI=1S/C22H24N6O4/c1-3-15-8-7-9-16(4-2)21(15)25-20(30)13-32-22(31)17-10-5-6-11-18(17)24-19(29)12-28-14-23-26-27-28/h5-11,14H,3-4,12-13H2,1-2H3,(H,24,29)(H,25,30). The Bertz CT molecular complexity index is 1080. The third kappa shape index (κ3) is 5.75. The Morgan fingerprint density at radius 2 is 1.66 bits per heavy atom. The van der Waals surface area contributed by atoms with Crippen LogP contribution in [0.1, 0.15) is 35.3 Å². The molecule has 166 valence electrons. The summed E-state index contributed by atoms with van der Waals surface area (Å²) in [7, 11) is 0. The molecule has 1 aromatic heterocycles. The third-order valence-corrected chi connectivity index (χ3v) is 4.72. The highest BCUT2D eigenvalue weighted by Crippen LogP contribution is 2.22. The minimum Gasteiger partial charge on any atom is -0.452 e. The van der Waals surface area contributed by atoms with Crippen molar-refractivity contribution in [2.24, 2.45) is 0 Å². The van der Waals surface area contributed by atoms with Crippen LogP contribution < -0.4 is 10.6 Å². The summed E-state index contributed by atoms with van der Waals surface area (Å²) in [5.74, 6) is -1.58. The molecule has 2 amide bonds. The van der Waals surface area contributed by atoms with Gasteiger partial charge in [0.25, 0.3) is 5.91 Å². The molecule has 2 aromatic carbocycles. The van der Waals surface area contributed by atoms with Gasteiger partial charge >= 0.3 is 5.97 Å². The minimum absolute atomic E-state index is 0.116. The van der Waals surface area contributed by atoms with Crippen LogP contribution in [0.4, 0.5) is 11.4 Å². The lowest BCUT2D eigenvalue weighted by atomic mass is 10.0. The van der Waals surface area contributed by atoms with Gasteiger partial charge in [-0.2, -0.15) is 0 Å². The second-order valence-electron chi connectivity index (χ2n) is 6.88. The van der Waals surface area contributed by atoms with Crippen molar-refractivity contribution >= 4 is 29.2 Å². The first-order chi connectivity index (χ1) is 15.5. The number of nitrogens with zero attached hydrogens (tertiary/aromatic N) is 4. The fraction of sp³-hybridized carbons (Fsp3) is 0.273. The number of esters is 1. The van der Waals surface area contributed by atoms with Crippen LogP contribution >= 0.6 is 0 Å². The van der Waals surface area contributed by atoms with Crippen molar-refractivity contribution in [3.8, 4) is 0 Å². The van der Waals surface area contributed by atoms with Crippen molar-refractivity contribution in [2.75, 3.05) is 17.2 Å². The number of hydrogen-bond acceptors (Lipinski definition) is 7. The van der Waals surface area contributed by atoms with Gasteiger partial charge in [0.15, 0.2) is 6.61 Å². The number of nitrogens with one attached hydrogen (secondary N) is 2. The fourth-order valence-electron chi connectivity index (χ4n) is 3.15. The van der Waals surface area contributed by atoms with Crippen LogP contribution in [0.5, 0.6) is 0 Å². The van der Waals surface area contributed by atoms with Crippen molar-refractivity contribution in [1.82, 2.24) is 20.2 Å². The van der Waals surface area contributed by atoms with Crippen molar-refractivity contribution in [2.45, 2.75) is 33.2 Å². The summed E-state index contributed by atoms with van der Waals surface area (Å²) < 4.78 is 6.45. The molecule has 0 saturated carbocycles. The van der Waals surface area contributed by atoms with E-state index in [0.717, 1.165) is 29.7 Å². The Morgan fingerprint density at radius 1 is 0.938 bits per heavy atom. The molecule has 0 saturated heterocycles. The largest absolute Gasteiger partial charge is 0.452 e. The monoisotopic (exact) mass is 436 g/mol. The van der Waals surface area contributed by atoms with Crippen LogP contribution in [-0.2, 0) is 33.7 Å². The zero-order valence-corrected chi connectivity index (χ0v) is 17.9. The summed E-state index contributed by atoms with van der Waals surface area (Å²) in [5, 5.41) is 16.0. The van der Waals surface area contributed by atoms with E-state index < -0.39 is 24.4 Å². The van der Waals surface area contributed by atoms with Gasteiger partial charge in [-0.1, -0.05) is 44.2 Å². The number of carbonyl (C=O) groups excluding carboxylic acids is 3. The van der Waals surface area contributed by atoms with Crippen LogP contribution in [0.15, 0.2) is 48.8 Å². The van der Waals surface area contributed by atoms with Gasteiger partial charge in [-0.05, 0) is 46.5 Å². The Morgan fingerprint density at radius 3 is 2.31 bits per heavy atom. The number of rotatable bonds is 9. The molecule has 3 rings (SSSR count). The highest BCUT2D eigenvalue weighted by Gasteiger charge is 2.17. The van der Waals surface area contributed by atoms with E-state index >= 15 is 0 Å². The van der Waals surface area contributed by atoms with Gasteiger partial charge in [0.2, 0.25) is 5.91 Å². The van der Waals surface area contributed by atoms with E-state index in [1.54, 1.807) is 18.2 Å². The normalized spacial score (nSPS) is 10.4. The predicted octanol–water partition coefficient (Wildman–Crippen LogP) is 2.23. The number of benzene rings is 2. The summed E-state index contributed by atoms with van der Waals surface area (Å²) in [6, 6.07) is 12.2. The Labute approximate surface area is 185 Å². The van der Waals surface area contributed by atoms with Crippen LogP contribution in [0.2, 0.25) is 0 Å². The lowest BCUT2D eigenvalue weighted by molar-refractivity contribution is -0.119. The highest BCUT2D eigenvalue weighted by atomic mass is 16.5. The SMILES string of the molecule is CCc1cccc(CC)c1NC(=O)COC(=O)c1ccccc1NC(=O)Cn1cnnn1. The molecule has 0 fully saturated rings. The third-order valence-electron chi connectivity index (χ3n) is 4.72. The number of carbonyl (C=O) groups is 3. The van der Waals surface area contributed by atoms with Gasteiger partial charge < -0.3 is 15.4 Å². The first-order valence-electron chi connectivity index (χ1n) is 10.2. The topological polar surface area (TPSA) is 128 Å². The number of amides is 2. The number of hydrogen-bond donors (Lipinski definition) is 2. The van der Waals surface area contributed by atoms with Gasteiger partial charge in [-0.15, -0.1) is 5.10 Å². The van der Waals surface area contributed by atoms with E-state index in [1.807, 2.05) is 32.0 Å². The van der Waals surface area contributed by atoms with E-state index in [1.165, 1.54) is 17.1 Å². The van der Waals surface area contributed by atoms with Crippen LogP contribution in [-0.4, -0.2) is 44.6 Å². The molecular weight excluding hydrogens is 412 g/mol. The number of para-hydroxylation sites is 2. The molecule has 10 heteroatoms. The molecule has 3 aromatic rings. The highest BCUT2D eigenvalue weighted by molar-refractivity contribution is 6.02. The van der Waals surface area contributed by atoms with E-state index in [4.69, 9.17) is 4.74 Å². The van der Waals surface area contributed by atoms with Gasteiger partial charge in [0.1, 0.15) is 12.9 Å². The number of anilines is 2. The molecule has 0 unspecified atom stereocenters. The Balaban J connectivity index is 1.62. The molecule has 0 spiro atoms. The number of tetrazole rings is 1. The smallest absolute Gasteiger partial charge is 0.340 e. The average Bonchev–Trinajstić information content (AvgIpc) is 3.30. The zero-order chi connectivity index (χ0) is 22.9. The second kappa shape index (κ2) is 10.8. The van der Waals surface area contributed by atoms with E-state index in [0.29, 0.717) is 0 Å². The second-order valence-corrected chi connectivity index (χ2v) is 6.88. The molecule has 32 heavy (non-hydrogen) atoms. The maximum absolute atomic E-state index is 12.6. The first-order valence-corrected chi connectivity index (χ1v) is 10.2. The van der Waals surface area contributed by atoms with Crippen molar-refractivity contribution < 1.29 is 19.1 Å². The van der Waals surface area contributed by atoms with Gasteiger partial charge in [0.05, 0.1) is 11.3 Å². The van der Waals surface area contributed by atoms with E-state index in [9.17, 15) is 14.4 Å². The molecule has 0 aliphatic rings. The van der Waals surface area contributed by atoms with Gasteiger partial charge in [-0.3, -0.25) is 9.59 Å². The van der Waals surface area contributed by atoms with E-state index in [2.05, 4.69) is 26.2 Å². The lowest BCUT2D eigenvalue weighted by Crippen LogP contribution is -2.24. The lowest BCUT2D eigenvalue weighted by Gasteiger charge is -2.15. The molecule has 0 aliphatic carbocycles. The number of aromatic nitrogens is 4. The van der Waals surface area contributed by atoms with Crippen LogP contribution in [0.25, 0.3) is 0 Å². The molecule has 0 aliphatic heterocycles. The number of ether oxygens (including phenoxy) is 1. The quantitative estimate of drug-likeness (QED) is 0.492. The summed E-state index contributed by atoms with van der Waals surface area (Å²) in [6.07, 6.45) is 2.83. The Hall–Kier alpha value is -4.08. The fourth-order valence-corrected chi connectivity index (χ4v) is 3.15. The van der Waals surface area contributed by atoms with Gasteiger partial charge in [0, 0.05) is 5.69 Å². The van der Waals surface area contributed by atoms with E-state index in [-0.39, 0.29) is 17.8 Å². The molecule has 1 heterocycles. The molecule has 0 radical (unpaired) electrons.